The quantitative estimate of drug-likeness (QED) is 0.0859. The largest absolute Gasteiger partial charge is 0.512 e. The van der Waals surface area contributed by atoms with Gasteiger partial charge in [0.05, 0.1) is 25.0 Å². The van der Waals surface area contributed by atoms with Gasteiger partial charge in [0.2, 0.25) is 0 Å². The standard InChI is InChI=1S/C28H23N2.C11H20O2.Ir/c1-17-12-18(2)14-23(13-17)27-28(26-19(3)8-7-9-20(26)4)30-25-16-22-11-6-5-10-21(22)15-24(25)29-27;1-10(2,3)8(12)7-9(13)11(4,5)6;/h5-13,15-16H,1-4H3;7,12H,1-6H3;/q-1;;/b;8-7-;/i5D,6D,10D,11D,15D,16D;;. The van der Waals surface area contributed by atoms with Gasteiger partial charge in [-0.25, -0.2) is 0 Å². The van der Waals surface area contributed by atoms with Crippen molar-refractivity contribution in [3.63, 3.8) is 0 Å². The smallest absolute Gasteiger partial charge is 0.164 e. The van der Waals surface area contributed by atoms with E-state index < -0.39 is 17.5 Å². The van der Waals surface area contributed by atoms with Crippen LogP contribution < -0.4 is 0 Å². The van der Waals surface area contributed by atoms with E-state index in [0.717, 1.165) is 27.8 Å². The number of carbonyl (C=O) groups is 1. The van der Waals surface area contributed by atoms with Crippen LogP contribution in [0, 0.1) is 44.6 Å². The normalized spacial score (nSPS) is 13.9. The number of aromatic nitrogens is 2. The number of rotatable bonds is 3. The minimum absolute atomic E-state index is 0. The van der Waals surface area contributed by atoms with Crippen LogP contribution >= 0.6 is 0 Å². The summed E-state index contributed by atoms with van der Waals surface area (Å²) in [5, 5.41) is 9.51. The molecule has 4 nitrogen and oxygen atoms in total. The van der Waals surface area contributed by atoms with Crippen molar-refractivity contribution in [2.75, 3.05) is 0 Å². The Bertz CT molecular complexity index is 2140. The Morgan fingerprint density at radius 2 is 1.36 bits per heavy atom. The van der Waals surface area contributed by atoms with Gasteiger partial charge in [-0.05, 0) is 53.4 Å². The Balaban J connectivity index is 0.000000414. The summed E-state index contributed by atoms with van der Waals surface area (Å²) in [4.78, 5) is 21.2. The van der Waals surface area contributed by atoms with Crippen LogP contribution in [0.4, 0.5) is 0 Å². The number of aliphatic hydroxyl groups is 1. The molecule has 1 N–H and O–H groups in total. The zero-order valence-corrected chi connectivity index (χ0v) is 29.4. The van der Waals surface area contributed by atoms with Gasteiger partial charge in [0.1, 0.15) is 5.76 Å². The first-order valence-corrected chi connectivity index (χ1v) is 14.3. The minimum Gasteiger partial charge on any atom is -0.512 e. The second-order valence-corrected chi connectivity index (χ2v) is 13.0. The molecule has 0 unspecified atom stereocenters. The van der Waals surface area contributed by atoms with Crippen molar-refractivity contribution in [1.29, 1.82) is 0 Å². The number of aliphatic hydroxyl groups excluding tert-OH is 1. The molecular weight excluding hydrogens is 721 g/mol. The molecule has 4 aromatic carbocycles. The number of hydrogen-bond donors (Lipinski definition) is 1. The molecule has 0 aliphatic carbocycles. The molecule has 1 heterocycles. The van der Waals surface area contributed by atoms with Crippen LogP contribution in [0.25, 0.3) is 44.3 Å². The van der Waals surface area contributed by atoms with E-state index in [4.69, 9.17) is 18.2 Å². The van der Waals surface area contributed by atoms with Crippen molar-refractivity contribution >= 4 is 27.6 Å². The van der Waals surface area contributed by atoms with Crippen LogP contribution in [0.15, 0.2) is 78.4 Å². The number of hydrogen-bond acceptors (Lipinski definition) is 4. The van der Waals surface area contributed by atoms with Gasteiger partial charge < -0.3 is 5.11 Å². The van der Waals surface area contributed by atoms with E-state index in [1.807, 2.05) is 99.6 Å². The minimum atomic E-state index is -0.442. The van der Waals surface area contributed by atoms with Crippen molar-refractivity contribution in [3.05, 3.63) is 107 Å². The third-order valence-electron chi connectivity index (χ3n) is 6.97. The number of carbonyl (C=O) groups excluding carboxylic acids is 1. The Hall–Kier alpha value is -3.66. The molecular formula is C39H43IrN2O2-. The molecule has 0 fully saturated rings. The second kappa shape index (κ2) is 13.5. The molecule has 5 aromatic rings. The summed E-state index contributed by atoms with van der Waals surface area (Å²) >= 11 is 0. The summed E-state index contributed by atoms with van der Waals surface area (Å²) < 4.78 is 50.8. The maximum absolute atomic E-state index is 11.5. The summed E-state index contributed by atoms with van der Waals surface area (Å²) in [5.74, 6) is 0.104. The van der Waals surface area contributed by atoms with Crippen LogP contribution in [0.2, 0.25) is 0 Å². The van der Waals surface area contributed by atoms with E-state index in [9.17, 15) is 9.90 Å². The fraction of sp³-hybridized carbons (Fsp3) is 0.308. The molecule has 1 radical (unpaired) electrons. The monoisotopic (exact) mass is 770 g/mol. The molecule has 1 aromatic heterocycles. The fourth-order valence-corrected chi connectivity index (χ4v) is 4.48. The molecule has 0 aliphatic heterocycles. The van der Waals surface area contributed by atoms with Gasteiger partial charge >= 0.3 is 0 Å². The van der Waals surface area contributed by atoms with Crippen molar-refractivity contribution < 1.29 is 38.2 Å². The summed E-state index contributed by atoms with van der Waals surface area (Å²) in [6.45, 7) is 19.0. The molecule has 5 rings (SSSR count). The average molecular weight is 770 g/mol. The van der Waals surface area contributed by atoms with E-state index in [1.165, 1.54) is 6.08 Å². The Kier molecular flexibility index (Phi) is 8.22. The van der Waals surface area contributed by atoms with Gasteiger partial charge in [-0.2, -0.15) is 0 Å². The van der Waals surface area contributed by atoms with Crippen LogP contribution in [0.5, 0.6) is 0 Å². The molecule has 231 valence electrons. The summed E-state index contributed by atoms with van der Waals surface area (Å²) in [6.07, 6.45) is 1.33. The first-order chi connectivity index (χ1) is 22.6. The molecule has 0 atom stereocenters. The fourth-order valence-electron chi connectivity index (χ4n) is 4.48. The first kappa shape index (κ1) is 26.7. The van der Waals surface area contributed by atoms with E-state index in [0.29, 0.717) is 17.0 Å². The van der Waals surface area contributed by atoms with E-state index in [2.05, 4.69) is 6.07 Å². The molecule has 0 saturated carbocycles. The number of allylic oxidation sites excluding steroid dienone is 2. The van der Waals surface area contributed by atoms with Gasteiger partial charge in [-0.3, -0.25) is 14.8 Å². The molecule has 0 amide bonds. The molecule has 0 spiro atoms. The maximum Gasteiger partial charge on any atom is 0.164 e. The summed E-state index contributed by atoms with van der Waals surface area (Å²) in [6, 6.07) is 11.3. The van der Waals surface area contributed by atoms with Gasteiger partial charge in [-0.15, -0.1) is 34.9 Å². The maximum atomic E-state index is 11.5. The molecule has 0 bridgehead atoms. The van der Waals surface area contributed by atoms with Gasteiger partial charge in [0.15, 0.2) is 5.78 Å². The van der Waals surface area contributed by atoms with Crippen molar-refractivity contribution in [2.24, 2.45) is 10.8 Å². The van der Waals surface area contributed by atoms with E-state index in [-0.39, 0.29) is 83.0 Å². The number of nitrogens with zero attached hydrogens (tertiary/aromatic N) is 2. The Labute approximate surface area is 284 Å². The molecule has 5 heteroatoms. The topological polar surface area (TPSA) is 63.1 Å². The van der Waals surface area contributed by atoms with Crippen molar-refractivity contribution in [1.82, 2.24) is 9.97 Å². The number of aryl methyl sites for hydroxylation is 4. The zero-order chi connectivity index (χ0) is 36.9. The van der Waals surface area contributed by atoms with Crippen LogP contribution in [-0.4, -0.2) is 20.9 Å². The van der Waals surface area contributed by atoms with Crippen molar-refractivity contribution in [3.8, 4) is 22.5 Å². The van der Waals surface area contributed by atoms with E-state index >= 15 is 0 Å². The third-order valence-corrected chi connectivity index (χ3v) is 6.97. The molecule has 0 aliphatic rings. The Morgan fingerprint density at radius 3 is 1.84 bits per heavy atom. The Morgan fingerprint density at radius 1 is 0.841 bits per heavy atom. The van der Waals surface area contributed by atoms with Crippen LogP contribution in [-0.2, 0) is 24.9 Å². The molecule has 44 heavy (non-hydrogen) atoms. The third kappa shape index (κ3) is 8.08. The number of benzene rings is 4. The zero-order valence-electron chi connectivity index (χ0n) is 33.0. The van der Waals surface area contributed by atoms with Gasteiger partial charge in [0.25, 0.3) is 0 Å². The molecule has 0 saturated heterocycles. The van der Waals surface area contributed by atoms with Gasteiger partial charge in [0, 0.05) is 42.7 Å². The SMILES string of the molecule is CC(C)(C)C(=O)/C=C(\O)C(C)(C)C.[2H]c1c([2H])c([2H])c2c([2H])c3nc(-c4c(C)cccc4C)c(-c4[c-]c(C)cc(C)c4)nc3c([2H])c2c1[2H].[Ir]. The average Bonchev–Trinajstić information content (AvgIpc) is 2.99. The summed E-state index contributed by atoms with van der Waals surface area (Å²) in [5.41, 5.74) is 6.04. The first-order valence-electron chi connectivity index (χ1n) is 17.3. The summed E-state index contributed by atoms with van der Waals surface area (Å²) in [7, 11) is 0. The van der Waals surface area contributed by atoms with E-state index in [1.54, 1.807) is 0 Å². The van der Waals surface area contributed by atoms with Crippen LogP contribution in [0.3, 0.4) is 0 Å². The number of ketones is 1. The van der Waals surface area contributed by atoms with Crippen molar-refractivity contribution in [2.45, 2.75) is 69.2 Å². The second-order valence-electron chi connectivity index (χ2n) is 13.0. The number of fused-ring (bicyclic) bond motifs is 2. The van der Waals surface area contributed by atoms with Crippen LogP contribution in [0.1, 0.15) is 72.0 Å². The predicted molar refractivity (Wildman–Crippen MR) is 180 cm³/mol. The predicted octanol–water partition coefficient (Wildman–Crippen LogP) is 10.2. The van der Waals surface area contributed by atoms with Gasteiger partial charge in [-0.1, -0.05) is 97.8 Å².